The van der Waals surface area contributed by atoms with Gasteiger partial charge in [-0.2, -0.15) is 0 Å². The van der Waals surface area contributed by atoms with Crippen LogP contribution < -0.4 is 14.8 Å². The Morgan fingerprint density at radius 3 is 2.30 bits per heavy atom. The van der Waals surface area contributed by atoms with Crippen molar-refractivity contribution in [1.82, 2.24) is 10.2 Å². The number of nitrogens with one attached hydrogen (secondary N) is 1. The van der Waals surface area contributed by atoms with Gasteiger partial charge in [0, 0.05) is 19.5 Å². The van der Waals surface area contributed by atoms with E-state index in [0.29, 0.717) is 35.6 Å². The van der Waals surface area contributed by atoms with Gasteiger partial charge in [0.05, 0.1) is 24.3 Å². The van der Waals surface area contributed by atoms with Crippen molar-refractivity contribution in [3.8, 4) is 11.5 Å². The molecule has 1 aliphatic heterocycles. The molecule has 2 aromatic rings. The second kappa shape index (κ2) is 9.43. The van der Waals surface area contributed by atoms with Crippen LogP contribution >= 0.6 is 0 Å². The van der Waals surface area contributed by atoms with E-state index in [1.165, 1.54) is 4.90 Å². The molecular weight excluding hydrogens is 384 g/mol. The number of nitrogens with zero attached hydrogens (tertiary/aromatic N) is 1. The van der Waals surface area contributed by atoms with Gasteiger partial charge in [0.1, 0.15) is 0 Å². The van der Waals surface area contributed by atoms with E-state index in [1.54, 1.807) is 31.4 Å². The van der Waals surface area contributed by atoms with Crippen LogP contribution in [-0.2, 0) is 11.3 Å². The molecular formula is C23H26N2O5. The number of benzene rings is 2. The van der Waals surface area contributed by atoms with E-state index in [2.05, 4.69) is 5.32 Å². The fourth-order valence-corrected chi connectivity index (χ4v) is 3.30. The predicted molar refractivity (Wildman–Crippen MR) is 112 cm³/mol. The number of imide groups is 1. The van der Waals surface area contributed by atoms with Gasteiger partial charge in [-0.25, -0.2) is 0 Å². The summed E-state index contributed by atoms with van der Waals surface area (Å²) < 4.78 is 11.0. The molecule has 0 bridgehead atoms. The summed E-state index contributed by atoms with van der Waals surface area (Å²) in [5.74, 6) is 0.524. The zero-order valence-corrected chi connectivity index (χ0v) is 17.4. The molecule has 0 radical (unpaired) electrons. The maximum atomic E-state index is 12.3. The summed E-state index contributed by atoms with van der Waals surface area (Å²) in [5, 5.41) is 2.85. The van der Waals surface area contributed by atoms with Gasteiger partial charge in [-0.05, 0) is 50.1 Å². The number of hydrogen-bond acceptors (Lipinski definition) is 5. The summed E-state index contributed by atoms with van der Waals surface area (Å²) in [6, 6.07) is 12.3. The monoisotopic (exact) mass is 410 g/mol. The van der Waals surface area contributed by atoms with Crippen molar-refractivity contribution < 1.29 is 23.9 Å². The van der Waals surface area contributed by atoms with Crippen molar-refractivity contribution in [2.75, 3.05) is 13.7 Å². The van der Waals surface area contributed by atoms with Crippen LogP contribution in [0, 0.1) is 0 Å². The van der Waals surface area contributed by atoms with E-state index in [9.17, 15) is 14.4 Å². The van der Waals surface area contributed by atoms with Crippen LogP contribution in [0.2, 0.25) is 0 Å². The molecule has 7 heteroatoms. The third-order valence-electron chi connectivity index (χ3n) is 4.74. The molecule has 1 aliphatic rings. The van der Waals surface area contributed by atoms with Gasteiger partial charge in [-0.15, -0.1) is 0 Å². The number of carbonyl (C=O) groups excluding carboxylic acids is 3. The van der Waals surface area contributed by atoms with Gasteiger partial charge in [0.25, 0.3) is 11.8 Å². The highest BCUT2D eigenvalue weighted by molar-refractivity contribution is 6.21. The molecule has 7 nitrogen and oxygen atoms in total. The Morgan fingerprint density at radius 1 is 1.03 bits per heavy atom. The van der Waals surface area contributed by atoms with Crippen LogP contribution in [0.1, 0.15) is 53.0 Å². The number of ether oxygens (including phenoxy) is 2. The third-order valence-corrected chi connectivity index (χ3v) is 4.74. The van der Waals surface area contributed by atoms with Gasteiger partial charge in [-0.3, -0.25) is 19.3 Å². The Balaban J connectivity index is 1.47. The number of fused-ring (bicyclic) bond motifs is 1. The summed E-state index contributed by atoms with van der Waals surface area (Å²) in [5.41, 5.74) is 1.73. The van der Waals surface area contributed by atoms with Gasteiger partial charge >= 0.3 is 0 Å². The lowest BCUT2D eigenvalue weighted by Gasteiger charge is -2.15. The highest BCUT2D eigenvalue weighted by Gasteiger charge is 2.34. The van der Waals surface area contributed by atoms with Crippen LogP contribution in [0.5, 0.6) is 11.5 Å². The van der Waals surface area contributed by atoms with Crippen molar-refractivity contribution in [1.29, 1.82) is 0 Å². The molecule has 3 amide bonds. The van der Waals surface area contributed by atoms with Crippen LogP contribution in [0.15, 0.2) is 42.5 Å². The Morgan fingerprint density at radius 2 is 1.70 bits per heavy atom. The minimum Gasteiger partial charge on any atom is -0.493 e. The van der Waals surface area contributed by atoms with E-state index in [4.69, 9.17) is 9.47 Å². The third kappa shape index (κ3) is 4.79. The topological polar surface area (TPSA) is 84.9 Å². The summed E-state index contributed by atoms with van der Waals surface area (Å²) >= 11 is 0. The van der Waals surface area contributed by atoms with Crippen LogP contribution in [-0.4, -0.2) is 42.4 Å². The second-order valence-electron chi connectivity index (χ2n) is 7.34. The first-order chi connectivity index (χ1) is 14.4. The first-order valence-electron chi connectivity index (χ1n) is 9.96. The van der Waals surface area contributed by atoms with Crippen LogP contribution in [0.3, 0.4) is 0 Å². The maximum absolute atomic E-state index is 12.3. The average Bonchev–Trinajstić information content (AvgIpc) is 2.97. The molecule has 30 heavy (non-hydrogen) atoms. The second-order valence-corrected chi connectivity index (χ2v) is 7.34. The zero-order chi connectivity index (χ0) is 21.7. The van der Waals surface area contributed by atoms with Crippen molar-refractivity contribution in [3.63, 3.8) is 0 Å². The number of rotatable bonds is 9. The summed E-state index contributed by atoms with van der Waals surface area (Å²) in [6.45, 7) is 4.45. The first-order valence-corrected chi connectivity index (χ1v) is 9.96. The summed E-state index contributed by atoms with van der Waals surface area (Å²) in [7, 11) is 1.57. The largest absolute Gasteiger partial charge is 0.493 e. The highest BCUT2D eigenvalue weighted by Crippen LogP contribution is 2.29. The molecule has 0 saturated carbocycles. The Kier molecular flexibility index (Phi) is 6.72. The number of methoxy groups -OCH3 is 1. The molecule has 0 aromatic heterocycles. The van der Waals surface area contributed by atoms with E-state index < -0.39 is 0 Å². The number of hydrogen-bond donors (Lipinski definition) is 1. The minimum absolute atomic E-state index is 0.0339. The molecule has 0 fully saturated rings. The molecule has 2 aromatic carbocycles. The lowest BCUT2D eigenvalue weighted by Crippen LogP contribution is -2.32. The Hall–Kier alpha value is -3.35. The molecule has 0 atom stereocenters. The smallest absolute Gasteiger partial charge is 0.261 e. The minimum atomic E-state index is -0.299. The molecule has 0 spiro atoms. The lowest BCUT2D eigenvalue weighted by atomic mass is 10.1. The normalized spacial score (nSPS) is 12.9. The number of carbonyl (C=O) groups is 3. The zero-order valence-electron chi connectivity index (χ0n) is 17.4. The maximum Gasteiger partial charge on any atom is 0.261 e. The fourth-order valence-electron chi connectivity index (χ4n) is 3.30. The van der Waals surface area contributed by atoms with Crippen molar-refractivity contribution in [2.45, 2.75) is 39.3 Å². The average molecular weight is 410 g/mol. The molecule has 0 aliphatic carbocycles. The summed E-state index contributed by atoms with van der Waals surface area (Å²) in [6.07, 6.45) is 0.660. The SMILES string of the molecule is COc1cc(CNC(=O)CCCN2C(=O)c3ccccc3C2=O)ccc1OC(C)C. The quantitative estimate of drug-likeness (QED) is 0.642. The van der Waals surface area contributed by atoms with Crippen molar-refractivity contribution in [2.24, 2.45) is 0 Å². The highest BCUT2D eigenvalue weighted by atomic mass is 16.5. The van der Waals surface area contributed by atoms with Gasteiger partial charge in [-0.1, -0.05) is 18.2 Å². The molecule has 1 heterocycles. The van der Waals surface area contributed by atoms with Gasteiger partial charge < -0.3 is 14.8 Å². The Bertz CT molecular complexity index is 919. The molecule has 158 valence electrons. The predicted octanol–water partition coefficient (Wildman–Crippen LogP) is 3.18. The van der Waals surface area contributed by atoms with Gasteiger partial charge in [0.2, 0.25) is 5.91 Å². The molecule has 0 saturated heterocycles. The lowest BCUT2D eigenvalue weighted by molar-refractivity contribution is -0.121. The number of amides is 3. The first kappa shape index (κ1) is 21.4. The van der Waals surface area contributed by atoms with Crippen LogP contribution in [0.4, 0.5) is 0 Å². The summed E-state index contributed by atoms with van der Waals surface area (Å²) in [4.78, 5) is 38.0. The van der Waals surface area contributed by atoms with E-state index in [1.807, 2.05) is 32.0 Å². The molecule has 1 N–H and O–H groups in total. The van der Waals surface area contributed by atoms with E-state index in [-0.39, 0.29) is 36.8 Å². The Labute approximate surface area is 176 Å². The molecule has 3 rings (SSSR count). The fraction of sp³-hybridized carbons (Fsp3) is 0.348. The van der Waals surface area contributed by atoms with E-state index >= 15 is 0 Å². The van der Waals surface area contributed by atoms with Crippen molar-refractivity contribution in [3.05, 3.63) is 59.2 Å². The van der Waals surface area contributed by atoms with Gasteiger partial charge in [0.15, 0.2) is 11.5 Å². The van der Waals surface area contributed by atoms with Crippen molar-refractivity contribution >= 4 is 17.7 Å². The standard InChI is InChI=1S/C23H26N2O5/c1-15(2)30-19-11-10-16(13-20(19)29-3)14-24-21(26)9-6-12-25-22(27)17-7-4-5-8-18(17)23(25)28/h4-5,7-8,10-11,13,15H,6,9,12,14H2,1-3H3,(H,24,26). The molecule has 0 unspecified atom stereocenters. The van der Waals surface area contributed by atoms with E-state index in [0.717, 1.165) is 5.56 Å². The van der Waals surface area contributed by atoms with Crippen LogP contribution in [0.25, 0.3) is 0 Å².